The van der Waals surface area contributed by atoms with Crippen LogP contribution < -0.4 is 10.1 Å². The van der Waals surface area contributed by atoms with E-state index in [1.807, 2.05) is 0 Å². The maximum Gasteiger partial charge on any atom is 0.291 e. The average Bonchev–Trinajstić information content (AvgIpc) is 3.49. The number of amides is 1. The number of nitrogens with one attached hydrogen (secondary N) is 1. The van der Waals surface area contributed by atoms with E-state index in [2.05, 4.69) is 10.4 Å². The first-order chi connectivity index (χ1) is 18.0. The lowest BCUT2D eigenvalue weighted by molar-refractivity contribution is -0.384. The van der Waals surface area contributed by atoms with E-state index in [1.165, 1.54) is 24.3 Å². The summed E-state index contributed by atoms with van der Waals surface area (Å²) in [5.41, 5.74) is -1.23. The summed E-state index contributed by atoms with van der Waals surface area (Å²) in [5, 5.41) is 17.8. The number of hydrogen-bond acceptors (Lipinski definition) is 6. The Balaban J connectivity index is 1.53. The van der Waals surface area contributed by atoms with Gasteiger partial charge in [0, 0.05) is 17.2 Å². The first-order valence-corrected chi connectivity index (χ1v) is 11.2. The van der Waals surface area contributed by atoms with Gasteiger partial charge in [0.2, 0.25) is 0 Å². The number of aromatic nitrogens is 2. The molecule has 0 aliphatic carbocycles. The summed E-state index contributed by atoms with van der Waals surface area (Å²) < 4.78 is 64.0. The molecule has 4 aromatic rings. The molecule has 0 aliphatic rings. The number of benzene rings is 2. The van der Waals surface area contributed by atoms with Crippen molar-refractivity contribution >= 4 is 28.9 Å². The van der Waals surface area contributed by atoms with E-state index in [9.17, 15) is 32.5 Å². The molecule has 38 heavy (non-hydrogen) atoms. The number of nitrogens with zero attached hydrogens (tertiary/aromatic N) is 3. The lowest BCUT2D eigenvalue weighted by Gasteiger charge is -2.11. The van der Waals surface area contributed by atoms with Crippen molar-refractivity contribution in [2.45, 2.75) is 26.3 Å². The Morgan fingerprint density at radius 1 is 1.13 bits per heavy atom. The number of nitro benzene ring substituents is 1. The first-order valence-electron chi connectivity index (χ1n) is 10.8. The third-order valence-corrected chi connectivity index (χ3v) is 5.43. The van der Waals surface area contributed by atoms with Crippen LogP contribution in [0.15, 0.2) is 59.0 Å². The fourth-order valence-electron chi connectivity index (χ4n) is 3.46. The zero-order valence-corrected chi connectivity index (χ0v) is 20.1. The number of ether oxygens (including phenoxy) is 1. The molecule has 1 N–H and O–H groups in total. The first kappa shape index (κ1) is 26.7. The summed E-state index contributed by atoms with van der Waals surface area (Å²) in [5.74, 6) is -0.634. The number of carbonyl (C=O) groups is 1. The predicted octanol–water partition coefficient (Wildman–Crippen LogP) is 7.31. The highest BCUT2D eigenvalue weighted by Gasteiger charge is 2.22. The van der Waals surface area contributed by atoms with E-state index in [0.717, 1.165) is 6.07 Å². The molecule has 0 spiro atoms. The molecule has 198 valence electrons. The Kier molecular flexibility index (Phi) is 7.67. The van der Waals surface area contributed by atoms with Crippen molar-refractivity contribution in [2.24, 2.45) is 0 Å². The summed E-state index contributed by atoms with van der Waals surface area (Å²) in [4.78, 5) is 23.5. The Morgan fingerprint density at radius 3 is 2.55 bits per heavy atom. The van der Waals surface area contributed by atoms with Gasteiger partial charge in [-0.15, -0.1) is 0 Å². The molecular weight excluding hydrogens is 536 g/mol. The van der Waals surface area contributed by atoms with Gasteiger partial charge in [0.15, 0.2) is 5.76 Å². The van der Waals surface area contributed by atoms with Gasteiger partial charge < -0.3 is 14.5 Å². The summed E-state index contributed by atoms with van der Waals surface area (Å²) in [7, 11) is 0. The van der Waals surface area contributed by atoms with Gasteiger partial charge in [-0.2, -0.15) is 5.10 Å². The third-order valence-electron chi connectivity index (χ3n) is 5.19. The molecule has 2 aromatic carbocycles. The number of carbonyl (C=O) groups excluding carboxylic acids is 1. The maximum absolute atomic E-state index is 13.2. The molecule has 0 saturated heterocycles. The van der Waals surface area contributed by atoms with E-state index in [-0.39, 0.29) is 28.6 Å². The van der Waals surface area contributed by atoms with Crippen molar-refractivity contribution in [1.82, 2.24) is 9.78 Å². The van der Waals surface area contributed by atoms with Gasteiger partial charge in [-0.3, -0.25) is 19.6 Å². The second kappa shape index (κ2) is 10.9. The average molecular weight is 553 g/mol. The molecule has 0 unspecified atom stereocenters. The summed E-state index contributed by atoms with van der Waals surface area (Å²) >= 11 is 5.94. The van der Waals surface area contributed by atoms with Crippen molar-refractivity contribution in [3.63, 3.8) is 0 Å². The minimum Gasteiger partial charge on any atom is -0.457 e. The lowest BCUT2D eigenvalue weighted by atomic mass is 10.2. The largest absolute Gasteiger partial charge is 0.457 e. The van der Waals surface area contributed by atoms with Crippen molar-refractivity contribution in [3.8, 4) is 11.5 Å². The minimum absolute atomic E-state index is 0.0115. The normalized spacial score (nSPS) is 11.3. The van der Waals surface area contributed by atoms with Gasteiger partial charge in [-0.1, -0.05) is 11.6 Å². The molecule has 0 bridgehead atoms. The van der Waals surface area contributed by atoms with Crippen LogP contribution in [0.25, 0.3) is 0 Å². The molecule has 0 fully saturated rings. The standard InChI is InChI=1S/C24H17ClF4N4O5/c1-12-6-13(25)2-4-20(12)38-17-8-14(7-15(9-17)33(35)36)30-24(34)21-5-3-16(37-21)11-32-19(23(28)29)10-18(31-32)22(26)27/h2-10,22-23H,11H2,1H3,(H,30,34). The highest BCUT2D eigenvalue weighted by Crippen LogP contribution is 2.32. The molecule has 2 aromatic heterocycles. The Labute approximate surface area is 216 Å². The van der Waals surface area contributed by atoms with Crippen LogP contribution in [0.2, 0.25) is 5.02 Å². The summed E-state index contributed by atoms with van der Waals surface area (Å²) in [6.07, 6.45) is -6.10. The fraction of sp³-hybridized carbons (Fsp3) is 0.167. The van der Waals surface area contributed by atoms with Crippen LogP contribution in [-0.2, 0) is 6.54 Å². The van der Waals surface area contributed by atoms with Crippen LogP contribution in [-0.4, -0.2) is 20.6 Å². The number of furan rings is 1. The molecule has 0 radical (unpaired) electrons. The highest BCUT2D eigenvalue weighted by atomic mass is 35.5. The quantitative estimate of drug-likeness (QED) is 0.132. The van der Waals surface area contributed by atoms with Crippen LogP contribution in [0.3, 0.4) is 0 Å². The molecule has 14 heteroatoms. The zero-order chi connectivity index (χ0) is 27.6. The molecule has 0 saturated carbocycles. The molecule has 0 atom stereocenters. The van der Waals surface area contributed by atoms with E-state index in [4.69, 9.17) is 20.8 Å². The van der Waals surface area contributed by atoms with Crippen molar-refractivity contribution in [2.75, 3.05) is 5.32 Å². The van der Waals surface area contributed by atoms with E-state index < -0.39 is 41.6 Å². The summed E-state index contributed by atoms with van der Waals surface area (Å²) in [6, 6.07) is 11.6. The topological polar surface area (TPSA) is 112 Å². The van der Waals surface area contributed by atoms with E-state index in [1.54, 1.807) is 25.1 Å². The van der Waals surface area contributed by atoms with Crippen LogP contribution >= 0.6 is 11.6 Å². The van der Waals surface area contributed by atoms with Crippen LogP contribution in [0.4, 0.5) is 28.9 Å². The smallest absolute Gasteiger partial charge is 0.291 e. The Bertz CT molecular complexity index is 1500. The minimum atomic E-state index is -3.06. The number of aryl methyl sites for hydroxylation is 1. The maximum atomic E-state index is 13.2. The van der Waals surface area contributed by atoms with Crippen molar-refractivity contribution in [1.29, 1.82) is 0 Å². The predicted molar refractivity (Wildman–Crippen MR) is 127 cm³/mol. The van der Waals surface area contributed by atoms with Crippen molar-refractivity contribution < 1.29 is 36.4 Å². The second-order valence-electron chi connectivity index (χ2n) is 7.96. The second-order valence-corrected chi connectivity index (χ2v) is 8.39. The number of halogens is 5. The Morgan fingerprint density at radius 2 is 1.89 bits per heavy atom. The van der Waals surface area contributed by atoms with Gasteiger partial charge in [-0.05, 0) is 48.9 Å². The van der Waals surface area contributed by atoms with Gasteiger partial charge >= 0.3 is 0 Å². The van der Waals surface area contributed by atoms with Crippen LogP contribution in [0.5, 0.6) is 11.5 Å². The van der Waals surface area contributed by atoms with Gasteiger partial charge in [0.05, 0.1) is 23.2 Å². The number of rotatable bonds is 9. The highest BCUT2D eigenvalue weighted by molar-refractivity contribution is 6.30. The van der Waals surface area contributed by atoms with Crippen molar-refractivity contribution in [3.05, 3.63) is 98.2 Å². The monoisotopic (exact) mass is 552 g/mol. The Hall–Kier alpha value is -4.39. The molecule has 2 heterocycles. The van der Waals surface area contributed by atoms with Gasteiger partial charge in [-0.25, -0.2) is 17.6 Å². The van der Waals surface area contributed by atoms with Crippen LogP contribution in [0.1, 0.15) is 46.1 Å². The van der Waals surface area contributed by atoms with E-state index in [0.29, 0.717) is 27.1 Å². The number of hydrogen-bond donors (Lipinski definition) is 1. The van der Waals surface area contributed by atoms with E-state index >= 15 is 0 Å². The number of nitro groups is 1. The van der Waals surface area contributed by atoms with Gasteiger partial charge in [0.25, 0.3) is 24.4 Å². The molecular formula is C24H17ClF4N4O5. The molecule has 9 nitrogen and oxygen atoms in total. The molecule has 0 aliphatic heterocycles. The van der Waals surface area contributed by atoms with Gasteiger partial charge in [0.1, 0.15) is 28.6 Å². The third kappa shape index (κ3) is 6.11. The SMILES string of the molecule is Cc1cc(Cl)ccc1Oc1cc(NC(=O)c2ccc(Cn3nc(C(F)F)cc3C(F)F)o2)cc([N+](=O)[O-])c1. The molecule has 4 rings (SSSR count). The fourth-order valence-corrected chi connectivity index (χ4v) is 3.69. The number of non-ortho nitro benzene ring substituents is 1. The molecule has 1 amide bonds. The summed E-state index contributed by atoms with van der Waals surface area (Å²) in [6.45, 7) is 1.30. The van der Waals surface area contributed by atoms with Crippen LogP contribution in [0, 0.1) is 17.0 Å². The zero-order valence-electron chi connectivity index (χ0n) is 19.3. The number of alkyl halides is 4. The lowest BCUT2D eigenvalue weighted by Crippen LogP contribution is -2.11. The number of anilines is 1.